The lowest BCUT2D eigenvalue weighted by Crippen LogP contribution is -2.82. The standard InChI is InChI=1S/C50H52O14/c1-26-36(61-27(2)51)23-50(58)46(59-24-31-13-9-8-10-14-31)44-48(7,45(57)43(62-28(3)52)40(26)47(50,5)6)37(22-38-49(44,25-60-38)64-29(4)53)63-39(54)20-18-30-17-19-34-35(21-30)42(56)33-16-12-11-15-32(33)41(34)55/h8-17,19,21,36-38,43-44,46,58H,18,20,22-25H2,1-7H3/t36-,37-,38+,43+,44-,46-,48+,49-,50+/m0/s1. The van der Waals surface area contributed by atoms with Crippen molar-refractivity contribution in [3.63, 3.8) is 0 Å². The number of esters is 4. The molecule has 4 aliphatic carbocycles. The van der Waals surface area contributed by atoms with Crippen molar-refractivity contribution in [2.45, 2.75) is 122 Å². The fourth-order valence-electron chi connectivity index (χ4n) is 11.2. The first-order valence-corrected chi connectivity index (χ1v) is 21.5. The van der Waals surface area contributed by atoms with Crippen molar-refractivity contribution >= 4 is 41.2 Å². The number of carbonyl (C=O) groups is 7. The SMILES string of the molecule is CC(=O)O[C@H]1C(=O)[C@]2(C)[C@@H](OC(=O)CCc3ccc4c(c3)C(=O)c3ccccc3C4=O)C[C@H]3OC[C@@]3(OC(C)=O)[C@H]2[C@H](OCc2ccccc2)[C@]2(O)C[C@H](OC(C)=O)C(C)=C1C2(C)C. The van der Waals surface area contributed by atoms with Gasteiger partial charge in [-0.05, 0) is 48.6 Å². The van der Waals surface area contributed by atoms with Crippen molar-refractivity contribution < 1.29 is 67.1 Å². The summed E-state index contributed by atoms with van der Waals surface area (Å²) in [6.45, 7) is 9.95. The maximum atomic E-state index is 15.9. The molecular weight excluding hydrogens is 825 g/mol. The molecule has 3 aromatic carbocycles. The van der Waals surface area contributed by atoms with Crippen LogP contribution in [0.15, 0.2) is 83.9 Å². The number of rotatable bonds is 10. The second kappa shape index (κ2) is 16.3. The highest BCUT2D eigenvalue weighted by atomic mass is 16.6. The van der Waals surface area contributed by atoms with E-state index in [1.165, 1.54) is 13.8 Å². The summed E-state index contributed by atoms with van der Waals surface area (Å²) < 4.78 is 37.4. The number of Topliss-reactive ketones (excluding diaryl/α,β-unsaturated/α-hetero) is 1. The number of ether oxygens (including phenoxy) is 6. The van der Waals surface area contributed by atoms with Gasteiger partial charge in [0.1, 0.15) is 23.9 Å². The second-order valence-corrected chi connectivity index (χ2v) is 18.4. The molecule has 1 saturated heterocycles. The molecule has 5 aliphatic rings. The van der Waals surface area contributed by atoms with Gasteiger partial charge in [-0.3, -0.25) is 33.6 Å². The van der Waals surface area contributed by atoms with Crippen LogP contribution in [-0.4, -0.2) is 94.7 Å². The summed E-state index contributed by atoms with van der Waals surface area (Å²) in [4.78, 5) is 95.8. The van der Waals surface area contributed by atoms with Gasteiger partial charge in [0.2, 0.25) is 0 Å². The minimum atomic E-state index is -2.05. The highest BCUT2D eigenvalue weighted by Gasteiger charge is 2.78. The Bertz CT molecular complexity index is 2500. The van der Waals surface area contributed by atoms with Crippen LogP contribution in [0.1, 0.15) is 111 Å². The molecule has 0 unspecified atom stereocenters. The Morgan fingerprint density at radius 3 is 2.00 bits per heavy atom. The lowest BCUT2D eigenvalue weighted by atomic mass is 9.44. The molecule has 1 aliphatic heterocycles. The number of fused-ring (bicyclic) bond motifs is 7. The molecule has 2 bridgehead atoms. The minimum absolute atomic E-state index is 0.0824. The molecule has 0 aromatic heterocycles. The molecule has 336 valence electrons. The highest BCUT2D eigenvalue weighted by Crippen LogP contribution is 2.65. The van der Waals surface area contributed by atoms with Gasteiger partial charge in [-0.1, -0.05) is 80.6 Å². The van der Waals surface area contributed by atoms with Crippen LogP contribution < -0.4 is 0 Å². The van der Waals surface area contributed by atoms with Crippen molar-refractivity contribution in [1.29, 1.82) is 0 Å². The van der Waals surface area contributed by atoms with Crippen LogP contribution in [0.2, 0.25) is 0 Å². The van der Waals surface area contributed by atoms with E-state index in [1.807, 2.05) is 30.3 Å². The van der Waals surface area contributed by atoms with Gasteiger partial charge < -0.3 is 33.5 Å². The summed E-state index contributed by atoms with van der Waals surface area (Å²) in [6, 6.07) is 20.6. The van der Waals surface area contributed by atoms with Crippen LogP contribution in [0.4, 0.5) is 0 Å². The van der Waals surface area contributed by atoms with E-state index in [0.29, 0.717) is 22.3 Å². The Balaban J connectivity index is 1.23. The second-order valence-electron chi connectivity index (χ2n) is 18.4. The van der Waals surface area contributed by atoms with Gasteiger partial charge in [-0.2, -0.15) is 0 Å². The number of aliphatic hydroxyl groups is 1. The van der Waals surface area contributed by atoms with Gasteiger partial charge in [0.15, 0.2) is 29.1 Å². The average molecular weight is 877 g/mol. The van der Waals surface area contributed by atoms with E-state index in [1.54, 1.807) is 70.2 Å². The lowest BCUT2D eigenvalue weighted by molar-refractivity contribution is -0.352. The zero-order chi connectivity index (χ0) is 46.1. The van der Waals surface area contributed by atoms with Gasteiger partial charge in [0.25, 0.3) is 0 Å². The number of benzene rings is 3. The number of hydrogen-bond acceptors (Lipinski definition) is 14. The zero-order valence-corrected chi connectivity index (χ0v) is 36.9. The first kappa shape index (κ1) is 44.8. The van der Waals surface area contributed by atoms with E-state index in [-0.39, 0.29) is 67.2 Å². The fourth-order valence-corrected chi connectivity index (χ4v) is 11.2. The summed E-state index contributed by atoms with van der Waals surface area (Å²) in [5, 5.41) is 13.7. The van der Waals surface area contributed by atoms with Gasteiger partial charge in [-0.15, -0.1) is 0 Å². The van der Waals surface area contributed by atoms with Crippen LogP contribution in [0, 0.1) is 16.7 Å². The molecule has 1 N–H and O–H groups in total. The Hall–Kier alpha value is -5.83. The third-order valence-corrected chi connectivity index (χ3v) is 14.4. The first-order valence-electron chi connectivity index (χ1n) is 21.5. The Labute approximate surface area is 370 Å². The molecule has 3 fully saturated rings. The Morgan fingerprint density at radius 1 is 0.766 bits per heavy atom. The van der Waals surface area contributed by atoms with Crippen LogP contribution >= 0.6 is 0 Å². The summed E-state index contributed by atoms with van der Waals surface area (Å²) in [6.07, 6.45) is -6.92. The van der Waals surface area contributed by atoms with E-state index in [9.17, 15) is 33.9 Å². The Kier molecular flexibility index (Phi) is 11.4. The van der Waals surface area contributed by atoms with Crippen LogP contribution in [0.3, 0.4) is 0 Å². The zero-order valence-electron chi connectivity index (χ0n) is 36.9. The largest absolute Gasteiger partial charge is 0.461 e. The molecule has 14 heteroatoms. The number of aryl methyl sites for hydroxylation is 1. The smallest absolute Gasteiger partial charge is 0.306 e. The van der Waals surface area contributed by atoms with E-state index in [0.717, 1.165) is 12.5 Å². The van der Waals surface area contributed by atoms with E-state index >= 15 is 4.79 Å². The molecule has 64 heavy (non-hydrogen) atoms. The van der Waals surface area contributed by atoms with E-state index in [2.05, 4.69) is 0 Å². The van der Waals surface area contributed by atoms with Gasteiger partial charge in [-0.25, -0.2) is 0 Å². The van der Waals surface area contributed by atoms with Crippen LogP contribution in [0.25, 0.3) is 0 Å². The summed E-state index contributed by atoms with van der Waals surface area (Å²) in [7, 11) is 0. The molecule has 1 heterocycles. The summed E-state index contributed by atoms with van der Waals surface area (Å²) in [5.74, 6) is -5.50. The molecule has 14 nitrogen and oxygen atoms in total. The Morgan fingerprint density at radius 2 is 1.39 bits per heavy atom. The number of carbonyl (C=O) groups excluding carboxylic acids is 7. The quantitative estimate of drug-likeness (QED) is 0.118. The molecule has 0 amide bonds. The molecular formula is C50H52O14. The summed E-state index contributed by atoms with van der Waals surface area (Å²) in [5.41, 5.74) is -4.00. The van der Waals surface area contributed by atoms with Crippen LogP contribution in [-0.2, 0) is 65.4 Å². The average Bonchev–Trinajstić information content (AvgIpc) is 3.24. The maximum absolute atomic E-state index is 15.9. The molecule has 9 atom stereocenters. The molecule has 3 aromatic rings. The predicted octanol–water partition coefficient (Wildman–Crippen LogP) is 5.54. The third-order valence-electron chi connectivity index (χ3n) is 14.4. The monoisotopic (exact) mass is 876 g/mol. The van der Waals surface area contributed by atoms with Crippen molar-refractivity contribution in [3.8, 4) is 0 Å². The number of ketones is 3. The minimum Gasteiger partial charge on any atom is -0.461 e. The van der Waals surface area contributed by atoms with Crippen LogP contribution in [0.5, 0.6) is 0 Å². The summed E-state index contributed by atoms with van der Waals surface area (Å²) >= 11 is 0. The maximum Gasteiger partial charge on any atom is 0.306 e. The molecule has 2 saturated carbocycles. The van der Waals surface area contributed by atoms with E-state index < -0.39 is 88.1 Å². The van der Waals surface area contributed by atoms with Crippen molar-refractivity contribution in [2.75, 3.05) is 6.61 Å². The normalized spacial score (nSPS) is 31.1. The van der Waals surface area contributed by atoms with Crippen molar-refractivity contribution in [3.05, 3.63) is 117 Å². The van der Waals surface area contributed by atoms with E-state index in [4.69, 9.17) is 28.4 Å². The van der Waals surface area contributed by atoms with Gasteiger partial charge in [0, 0.05) is 73.6 Å². The third kappa shape index (κ3) is 7.10. The fraction of sp³-hybridized carbons (Fsp3) is 0.460. The van der Waals surface area contributed by atoms with Crippen molar-refractivity contribution in [1.82, 2.24) is 0 Å². The molecule has 0 spiro atoms. The highest BCUT2D eigenvalue weighted by molar-refractivity contribution is 6.28. The molecule has 0 radical (unpaired) electrons. The predicted molar refractivity (Wildman–Crippen MR) is 226 cm³/mol. The lowest BCUT2D eigenvalue weighted by Gasteiger charge is -2.68. The topological polar surface area (TPSA) is 195 Å². The number of hydrogen-bond donors (Lipinski definition) is 1. The first-order chi connectivity index (χ1) is 30.2. The van der Waals surface area contributed by atoms with Crippen molar-refractivity contribution in [2.24, 2.45) is 16.7 Å². The van der Waals surface area contributed by atoms with Gasteiger partial charge >= 0.3 is 23.9 Å². The molecule has 8 rings (SSSR count). The van der Waals surface area contributed by atoms with Gasteiger partial charge in [0.05, 0.1) is 24.7 Å².